The Kier molecular flexibility index (Phi) is 6.48. The molecule has 2 aromatic carbocycles. The number of nitrogens with two attached hydrogens (primary N) is 2. The van der Waals surface area contributed by atoms with Crippen LogP contribution in [0.4, 0.5) is 21.9 Å². The minimum atomic E-state index is -5.17. The molecular formula is C17H17N5O10S3. The second-order valence-corrected chi connectivity index (χ2v) is 11.7. The van der Waals surface area contributed by atoms with Crippen LogP contribution in [0.2, 0.25) is 0 Å². The predicted molar refractivity (Wildman–Crippen MR) is 122 cm³/mol. The maximum atomic E-state index is 12.3. The van der Waals surface area contributed by atoms with Crippen LogP contribution in [0.5, 0.6) is 0 Å². The molecule has 0 aliphatic heterocycles. The molecular weight excluding hydrogens is 530 g/mol. The van der Waals surface area contributed by atoms with E-state index in [1.807, 2.05) is 0 Å². The molecule has 35 heavy (non-hydrogen) atoms. The first-order valence-electron chi connectivity index (χ1n) is 9.10. The number of fused-ring (bicyclic) bond motifs is 1. The van der Waals surface area contributed by atoms with Gasteiger partial charge in [0.2, 0.25) is 4.87 Å². The van der Waals surface area contributed by atoms with Crippen molar-refractivity contribution in [1.29, 1.82) is 0 Å². The van der Waals surface area contributed by atoms with Gasteiger partial charge in [0.05, 0.1) is 15.5 Å². The Bertz CT molecular complexity index is 1620. The van der Waals surface area contributed by atoms with E-state index in [-0.39, 0.29) is 22.6 Å². The monoisotopic (exact) mass is 547 g/mol. The molecule has 0 bridgehead atoms. The number of amides is 2. The largest absolute Gasteiger partial charge is 0.399 e. The van der Waals surface area contributed by atoms with Crippen LogP contribution in [0.1, 0.15) is 11.1 Å². The maximum Gasteiger partial charge on any atom is 0.316 e. The van der Waals surface area contributed by atoms with Crippen LogP contribution < -0.4 is 16.8 Å². The number of carbonyl (C=O) groups is 1. The average Bonchev–Trinajstić information content (AvgIpc) is 2.69. The van der Waals surface area contributed by atoms with E-state index in [4.69, 9.17) is 11.5 Å². The highest BCUT2D eigenvalue weighted by Gasteiger charge is 2.45. The van der Waals surface area contributed by atoms with Gasteiger partial charge < -0.3 is 16.8 Å². The van der Waals surface area contributed by atoms with Gasteiger partial charge in [-0.25, -0.2) is 4.79 Å². The molecule has 2 amide bonds. The van der Waals surface area contributed by atoms with Gasteiger partial charge in [-0.3, -0.25) is 13.7 Å². The number of primary amides is 1. The number of nitrogens with zero attached hydrogens (tertiary/aromatic N) is 2. The van der Waals surface area contributed by atoms with Crippen molar-refractivity contribution in [3.8, 4) is 0 Å². The summed E-state index contributed by atoms with van der Waals surface area (Å²) in [6.45, 7) is 0. The minimum absolute atomic E-state index is 0.0663. The van der Waals surface area contributed by atoms with E-state index in [0.717, 1.165) is 18.2 Å². The molecule has 8 N–H and O–H groups in total. The van der Waals surface area contributed by atoms with Crippen LogP contribution in [0.25, 0.3) is 6.08 Å². The fourth-order valence-corrected chi connectivity index (χ4v) is 5.30. The lowest BCUT2D eigenvalue weighted by Gasteiger charge is -2.27. The van der Waals surface area contributed by atoms with Crippen molar-refractivity contribution >= 4 is 59.5 Å². The molecule has 0 spiro atoms. The van der Waals surface area contributed by atoms with Crippen LogP contribution in [-0.4, -0.2) is 49.8 Å². The second kappa shape index (κ2) is 8.66. The van der Waals surface area contributed by atoms with E-state index in [9.17, 15) is 43.7 Å². The molecule has 3 rings (SSSR count). The summed E-state index contributed by atoms with van der Waals surface area (Å²) in [5.41, 5.74) is 10.0. The van der Waals surface area contributed by atoms with Gasteiger partial charge in [-0.05, 0) is 47.5 Å². The summed E-state index contributed by atoms with van der Waals surface area (Å²) in [7, 11) is -15.2. The summed E-state index contributed by atoms with van der Waals surface area (Å²) >= 11 is 0. The van der Waals surface area contributed by atoms with Crippen molar-refractivity contribution in [3.05, 3.63) is 47.5 Å². The maximum absolute atomic E-state index is 12.3. The molecule has 1 aliphatic rings. The van der Waals surface area contributed by atoms with Gasteiger partial charge in [-0.15, -0.1) is 0 Å². The lowest BCUT2D eigenvalue weighted by molar-refractivity contribution is 0.259. The first-order chi connectivity index (χ1) is 15.9. The van der Waals surface area contributed by atoms with Gasteiger partial charge in [0.15, 0.2) is 0 Å². The smallest absolute Gasteiger partial charge is 0.316 e. The Morgan fingerprint density at radius 1 is 1.00 bits per heavy atom. The quantitative estimate of drug-likeness (QED) is 0.170. The Morgan fingerprint density at radius 3 is 2.20 bits per heavy atom. The second-order valence-electron chi connectivity index (χ2n) is 7.24. The summed E-state index contributed by atoms with van der Waals surface area (Å²) in [6.07, 6.45) is 0.796. The number of benzene rings is 2. The van der Waals surface area contributed by atoms with Gasteiger partial charge in [0.25, 0.3) is 30.4 Å². The molecule has 2 aromatic rings. The Balaban J connectivity index is 2.23. The molecule has 18 heteroatoms. The van der Waals surface area contributed by atoms with Crippen molar-refractivity contribution in [2.24, 2.45) is 16.0 Å². The topological polar surface area (TPSA) is 269 Å². The summed E-state index contributed by atoms with van der Waals surface area (Å²) in [6, 6.07) is 4.05. The number of nitrogen functional groups attached to an aromatic ring is 1. The predicted octanol–water partition coefficient (Wildman–Crippen LogP) is 1.19. The number of rotatable bonds is 6. The van der Waals surface area contributed by atoms with Crippen LogP contribution in [-0.2, 0) is 36.8 Å². The highest BCUT2D eigenvalue weighted by Crippen LogP contribution is 2.39. The number of hydrogen-bond acceptors (Lipinski definition) is 10. The lowest BCUT2D eigenvalue weighted by atomic mass is 9.94. The highest BCUT2D eigenvalue weighted by atomic mass is 32.2. The SMILES string of the molecule is NC(=O)Nc1cc(N)ccc1N=NC1(S(=O)(=O)O)C=Cc2cc(S(=O)(=O)O)cc(S(=O)(=O)O)c2C1. The third kappa shape index (κ3) is 5.47. The molecule has 0 saturated heterocycles. The zero-order valence-electron chi connectivity index (χ0n) is 17.2. The highest BCUT2D eigenvalue weighted by molar-refractivity contribution is 7.87. The molecule has 1 atom stereocenters. The summed E-state index contributed by atoms with van der Waals surface area (Å²) in [5, 5.41) is 9.62. The van der Waals surface area contributed by atoms with Crippen molar-refractivity contribution in [2.45, 2.75) is 21.1 Å². The number of anilines is 2. The lowest BCUT2D eigenvalue weighted by Crippen LogP contribution is -2.38. The normalized spacial score (nSPS) is 18.4. The summed E-state index contributed by atoms with van der Waals surface area (Å²) < 4.78 is 100. The number of nitrogens with one attached hydrogen (secondary N) is 1. The summed E-state index contributed by atoms with van der Waals surface area (Å²) in [4.78, 5) is 6.67. The van der Waals surface area contributed by atoms with Crippen molar-refractivity contribution < 1.29 is 43.7 Å². The fraction of sp³-hybridized carbons (Fsp3) is 0.118. The molecule has 0 heterocycles. The van der Waals surface area contributed by atoms with Crippen LogP contribution >= 0.6 is 0 Å². The number of urea groups is 1. The first kappa shape index (κ1) is 26.2. The first-order valence-corrected chi connectivity index (χ1v) is 13.4. The van der Waals surface area contributed by atoms with Crippen molar-refractivity contribution in [2.75, 3.05) is 11.1 Å². The molecule has 15 nitrogen and oxygen atoms in total. The number of carbonyl (C=O) groups excluding carboxylic acids is 1. The zero-order chi connectivity index (χ0) is 26.4. The molecule has 188 valence electrons. The van der Waals surface area contributed by atoms with Gasteiger partial charge >= 0.3 is 6.03 Å². The van der Waals surface area contributed by atoms with Gasteiger partial charge in [-0.2, -0.15) is 35.5 Å². The Morgan fingerprint density at radius 2 is 1.66 bits per heavy atom. The fourth-order valence-electron chi connectivity index (χ4n) is 3.20. The number of azo groups is 1. The molecule has 0 fully saturated rings. The van der Waals surface area contributed by atoms with E-state index >= 15 is 0 Å². The molecule has 0 aromatic heterocycles. The average molecular weight is 548 g/mol. The molecule has 0 saturated carbocycles. The summed E-state index contributed by atoms with van der Waals surface area (Å²) in [5.74, 6) is 0. The molecule has 1 aliphatic carbocycles. The Hall–Kier alpha value is -3.42. The van der Waals surface area contributed by atoms with Crippen molar-refractivity contribution in [1.82, 2.24) is 0 Å². The molecule has 0 radical (unpaired) electrons. The third-order valence-electron chi connectivity index (χ3n) is 4.80. The Labute approximate surface area is 198 Å². The van der Waals surface area contributed by atoms with E-state index in [2.05, 4.69) is 15.5 Å². The number of hydrogen-bond donors (Lipinski definition) is 6. The third-order valence-corrected chi connectivity index (χ3v) is 7.81. The van der Waals surface area contributed by atoms with E-state index in [1.165, 1.54) is 18.2 Å². The van der Waals surface area contributed by atoms with Gasteiger partial charge in [-0.1, -0.05) is 6.08 Å². The van der Waals surface area contributed by atoms with E-state index in [0.29, 0.717) is 6.07 Å². The van der Waals surface area contributed by atoms with Crippen LogP contribution in [0.15, 0.2) is 56.4 Å². The minimum Gasteiger partial charge on any atom is -0.399 e. The van der Waals surface area contributed by atoms with E-state index < -0.39 is 63.0 Å². The van der Waals surface area contributed by atoms with Crippen LogP contribution in [0.3, 0.4) is 0 Å². The van der Waals surface area contributed by atoms with Crippen LogP contribution in [0, 0.1) is 0 Å². The standard InChI is InChI=1S/C17H17N5O10S3/c18-10-1-2-13(14(6-10)20-16(19)23)21-22-17(35(30,31)32)4-3-9-5-11(33(24,25)26)7-15(12(9)8-17)34(27,28)29/h1-7H,8,18H2,(H3,19,20,23)(H,24,25,26)(H,27,28,29)(H,30,31,32). The van der Waals surface area contributed by atoms with Crippen molar-refractivity contribution in [3.63, 3.8) is 0 Å². The zero-order valence-corrected chi connectivity index (χ0v) is 19.7. The molecule has 1 unspecified atom stereocenters. The van der Waals surface area contributed by atoms with E-state index in [1.54, 1.807) is 0 Å². The van der Waals surface area contributed by atoms with Gasteiger partial charge in [0.1, 0.15) is 5.69 Å². The van der Waals surface area contributed by atoms with Gasteiger partial charge in [0, 0.05) is 12.1 Å².